The third-order valence-electron chi connectivity index (χ3n) is 4.90. The molecule has 0 aromatic carbocycles. The van der Waals surface area contributed by atoms with Gasteiger partial charge < -0.3 is 20.9 Å². The van der Waals surface area contributed by atoms with E-state index in [1.54, 1.807) is 0 Å². The lowest BCUT2D eigenvalue weighted by atomic mass is 9.95. The number of nitrogens with zero attached hydrogens (tertiary/aromatic N) is 2. The molecule has 7 heteroatoms. The number of nitrogens with one attached hydrogen (secondary N) is 1. The van der Waals surface area contributed by atoms with Crippen LogP contribution < -0.4 is 11.1 Å². The Labute approximate surface area is 151 Å². The molecule has 0 aliphatic carbocycles. The molecule has 2 aliphatic heterocycles. The van der Waals surface area contributed by atoms with Crippen LogP contribution in [-0.4, -0.2) is 60.5 Å². The number of urea groups is 1. The first-order chi connectivity index (χ1) is 11.0. The highest BCUT2D eigenvalue weighted by atomic mass is 35.5. The van der Waals surface area contributed by atoms with Crippen molar-refractivity contribution >= 4 is 24.3 Å². The van der Waals surface area contributed by atoms with E-state index in [-0.39, 0.29) is 36.3 Å². The molecule has 3 N–H and O–H groups in total. The van der Waals surface area contributed by atoms with Crippen LogP contribution in [0.15, 0.2) is 0 Å². The maximum atomic E-state index is 12.4. The number of piperidine rings is 1. The first kappa shape index (κ1) is 21.0. The van der Waals surface area contributed by atoms with Crippen molar-refractivity contribution in [2.75, 3.05) is 32.7 Å². The highest BCUT2D eigenvalue weighted by Gasteiger charge is 2.31. The van der Waals surface area contributed by atoms with Gasteiger partial charge in [0.1, 0.15) is 0 Å². The summed E-state index contributed by atoms with van der Waals surface area (Å²) in [4.78, 5) is 28.6. The Balaban J connectivity index is 0.00000288. The van der Waals surface area contributed by atoms with E-state index in [1.165, 1.54) is 0 Å². The van der Waals surface area contributed by atoms with Crippen molar-refractivity contribution in [1.29, 1.82) is 0 Å². The first-order valence-corrected chi connectivity index (χ1v) is 9.05. The number of likely N-dealkylation sites (tertiary alicyclic amines) is 2. The summed E-state index contributed by atoms with van der Waals surface area (Å²) in [5.41, 5.74) is 5.76. The molecule has 2 aliphatic rings. The molecule has 3 amide bonds. The fraction of sp³-hybridized carbons (Fsp3) is 0.882. The molecular formula is C17H33ClN4O2. The monoisotopic (exact) mass is 360 g/mol. The summed E-state index contributed by atoms with van der Waals surface area (Å²) in [5.74, 6) is 0.636. The number of halogens is 1. The number of hydrogen-bond acceptors (Lipinski definition) is 3. The fourth-order valence-electron chi connectivity index (χ4n) is 3.54. The van der Waals surface area contributed by atoms with Crippen LogP contribution in [0.1, 0.15) is 46.0 Å². The summed E-state index contributed by atoms with van der Waals surface area (Å²) >= 11 is 0. The van der Waals surface area contributed by atoms with Crippen LogP contribution in [0.5, 0.6) is 0 Å². The molecule has 2 saturated heterocycles. The normalized spacial score (nSPS) is 20.0. The van der Waals surface area contributed by atoms with E-state index in [4.69, 9.17) is 5.73 Å². The summed E-state index contributed by atoms with van der Waals surface area (Å²) < 4.78 is 0. The second-order valence-electron chi connectivity index (χ2n) is 7.31. The third kappa shape index (κ3) is 5.81. The van der Waals surface area contributed by atoms with Gasteiger partial charge in [0.2, 0.25) is 5.91 Å². The summed E-state index contributed by atoms with van der Waals surface area (Å²) in [6.45, 7) is 7.89. The predicted octanol–water partition coefficient (Wildman–Crippen LogP) is 1.83. The molecule has 0 saturated carbocycles. The summed E-state index contributed by atoms with van der Waals surface area (Å²) in [6, 6.07) is 0.216. The Morgan fingerprint density at radius 3 is 2.12 bits per heavy atom. The smallest absolute Gasteiger partial charge is 0.319 e. The number of amides is 3. The van der Waals surface area contributed by atoms with Crippen LogP contribution in [0.3, 0.4) is 0 Å². The quantitative estimate of drug-likeness (QED) is 0.785. The third-order valence-corrected chi connectivity index (χ3v) is 4.90. The minimum Gasteiger partial charge on any atom is -0.352 e. The molecule has 140 valence electrons. The van der Waals surface area contributed by atoms with E-state index >= 15 is 0 Å². The van der Waals surface area contributed by atoms with Gasteiger partial charge in [0.05, 0.1) is 0 Å². The largest absolute Gasteiger partial charge is 0.352 e. The lowest BCUT2D eigenvalue weighted by molar-refractivity contribution is -0.127. The Morgan fingerprint density at radius 1 is 1.08 bits per heavy atom. The number of nitrogens with two attached hydrogens (primary N) is 1. The van der Waals surface area contributed by atoms with Crippen LogP contribution in [0.4, 0.5) is 4.79 Å². The number of carbonyl (C=O) groups is 2. The Kier molecular flexibility index (Phi) is 8.84. The van der Waals surface area contributed by atoms with Gasteiger partial charge in [-0.25, -0.2) is 4.79 Å². The van der Waals surface area contributed by atoms with Crippen LogP contribution in [0.2, 0.25) is 0 Å². The van der Waals surface area contributed by atoms with Gasteiger partial charge in [-0.15, -0.1) is 12.4 Å². The maximum absolute atomic E-state index is 12.4. The second-order valence-corrected chi connectivity index (χ2v) is 7.31. The van der Waals surface area contributed by atoms with Crippen molar-refractivity contribution in [3.63, 3.8) is 0 Å². The lowest BCUT2D eigenvalue weighted by Crippen LogP contribution is -2.49. The number of carbonyl (C=O) groups excluding carboxylic acids is 2. The summed E-state index contributed by atoms with van der Waals surface area (Å²) in [5, 5.41) is 3.09. The van der Waals surface area contributed by atoms with Crippen molar-refractivity contribution in [3.05, 3.63) is 0 Å². The molecule has 2 rings (SSSR count). The maximum Gasteiger partial charge on any atom is 0.319 e. The molecule has 0 aromatic rings. The molecule has 6 nitrogen and oxygen atoms in total. The standard InChI is InChI=1S/C17H32N4O2.ClH/c1-13(2)11-15(12-18)19-16(22)14-5-9-21(10-6-14)17(23)20-7-3-4-8-20;/h13-15H,3-12,18H2,1-2H3,(H,19,22);1H. The van der Waals surface area contributed by atoms with Gasteiger partial charge in [0.15, 0.2) is 0 Å². The topological polar surface area (TPSA) is 78.7 Å². The Bertz CT molecular complexity index is 405. The molecule has 1 unspecified atom stereocenters. The van der Waals surface area contributed by atoms with Gasteiger partial charge in [0.25, 0.3) is 0 Å². The number of rotatable bonds is 5. The van der Waals surface area contributed by atoms with E-state index in [2.05, 4.69) is 19.2 Å². The van der Waals surface area contributed by atoms with Crippen LogP contribution in [0.25, 0.3) is 0 Å². The van der Waals surface area contributed by atoms with Gasteiger partial charge in [-0.3, -0.25) is 4.79 Å². The van der Waals surface area contributed by atoms with Gasteiger partial charge in [-0.2, -0.15) is 0 Å². The molecule has 2 fully saturated rings. The van der Waals surface area contributed by atoms with Crippen molar-refractivity contribution in [2.24, 2.45) is 17.6 Å². The molecule has 0 aromatic heterocycles. The highest BCUT2D eigenvalue weighted by Crippen LogP contribution is 2.20. The van der Waals surface area contributed by atoms with Gasteiger partial charge >= 0.3 is 6.03 Å². The minimum atomic E-state index is 0. The van der Waals surface area contributed by atoms with E-state index in [0.29, 0.717) is 25.6 Å². The average Bonchev–Trinajstić information content (AvgIpc) is 3.07. The number of hydrogen-bond donors (Lipinski definition) is 2. The van der Waals surface area contributed by atoms with E-state index < -0.39 is 0 Å². The fourth-order valence-corrected chi connectivity index (χ4v) is 3.54. The molecule has 0 radical (unpaired) electrons. The predicted molar refractivity (Wildman–Crippen MR) is 98.2 cm³/mol. The molecule has 0 bridgehead atoms. The molecule has 2 heterocycles. The van der Waals surface area contributed by atoms with Crippen LogP contribution in [0, 0.1) is 11.8 Å². The molecule has 24 heavy (non-hydrogen) atoms. The lowest BCUT2D eigenvalue weighted by Gasteiger charge is -2.34. The SMILES string of the molecule is CC(C)CC(CN)NC(=O)C1CCN(C(=O)N2CCCC2)CC1.Cl. The van der Waals surface area contributed by atoms with Crippen molar-refractivity contribution in [3.8, 4) is 0 Å². The average molecular weight is 361 g/mol. The summed E-state index contributed by atoms with van der Waals surface area (Å²) in [6.07, 6.45) is 4.64. The van der Waals surface area contributed by atoms with Gasteiger partial charge in [-0.1, -0.05) is 13.8 Å². The van der Waals surface area contributed by atoms with Crippen molar-refractivity contribution in [2.45, 2.75) is 52.0 Å². The van der Waals surface area contributed by atoms with Gasteiger partial charge in [0, 0.05) is 44.7 Å². The Hall–Kier alpha value is -1.01. The van der Waals surface area contributed by atoms with Gasteiger partial charge in [-0.05, 0) is 38.0 Å². The van der Waals surface area contributed by atoms with E-state index in [9.17, 15) is 9.59 Å². The second kappa shape index (κ2) is 10.1. The Morgan fingerprint density at radius 2 is 1.62 bits per heavy atom. The molecule has 1 atom stereocenters. The van der Waals surface area contributed by atoms with Crippen molar-refractivity contribution in [1.82, 2.24) is 15.1 Å². The first-order valence-electron chi connectivity index (χ1n) is 9.05. The zero-order valence-electron chi connectivity index (χ0n) is 15.0. The summed E-state index contributed by atoms with van der Waals surface area (Å²) in [7, 11) is 0. The van der Waals surface area contributed by atoms with Crippen LogP contribution >= 0.6 is 12.4 Å². The highest BCUT2D eigenvalue weighted by molar-refractivity contribution is 5.85. The zero-order chi connectivity index (χ0) is 16.8. The van der Waals surface area contributed by atoms with Crippen molar-refractivity contribution < 1.29 is 9.59 Å². The van der Waals surface area contributed by atoms with E-state index in [0.717, 1.165) is 45.2 Å². The van der Waals surface area contributed by atoms with E-state index in [1.807, 2.05) is 9.80 Å². The molecular weight excluding hydrogens is 328 g/mol. The molecule has 0 spiro atoms. The minimum absolute atomic E-state index is 0. The zero-order valence-corrected chi connectivity index (χ0v) is 15.8. The van der Waals surface area contributed by atoms with Crippen LogP contribution in [-0.2, 0) is 4.79 Å².